The van der Waals surface area contributed by atoms with Crippen LogP contribution in [0.3, 0.4) is 0 Å². The number of hydrogen-bond donors (Lipinski definition) is 1. The van der Waals surface area contributed by atoms with Crippen molar-refractivity contribution < 1.29 is 9.92 Å². The molecule has 4 aliphatic rings. The lowest BCUT2D eigenvalue weighted by molar-refractivity contribution is -0.785. The number of rotatable bonds is 2. The summed E-state index contributed by atoms with van der Waals surface area (Å²) < 4.78 is 0. The maximum absolute atomic E-state index is 10.5. The monoisotopic (exact) mass is 212 g/mol. The van der Waals surface area contributed by atoms with Crippen LogP contribution in [0.5, 0.6) is 0 Å². The molecule has 0 saturated heterocycles. The van der Waals surface area contributed by atoms with Gasteiger partial charge in [0.1, 0.15) is 5.60 Å². The number of nitrogens with two attached hydrogens (primary N) is 1. The Morgan fingerprint density at radius 2 is 1.87 bits per heavy atom. The van der Waals surface area contributed by atoms with E-state index in [1.807, 2.05) is 0 Å². The minimum atomic E-state index is -0.628. The summed E-state index contributed by atoms with van der Waals surface area (Å²) >= 11 is 0. The van der Waals surface area contributed by atoms with Crippen molar-refractivity contribution in [3.05, 3.63) is 10.1 Å². The first-order valence-corrected chi connectivity index (χ1v) is 5.61. The normalized spacial score (nSPS) is 51.8. The van der Waals surface area contributed by atoms with Gasteiger partial charge < -0.3 is 10.6 Å². The van der Waals surface area contributed by atoms with E-state index in [0.29, 0.717) is 18.3 Å². The molecular formula is C10H16N2O3. The third-order valence-electron chi connectivity index (χ3n) is 4.32. The molecule has 0 heterocycles. The van der Waals surface area contributed by atoms with E-state index in [1.54, 1.807) is 0 Å². The van der Waals surface area contributed by atoms with Crippen LogP contribution in [0.15, 0.2) is 0 Å². The van der Waals surface area contributed by atoms with Crippen molar-refractivity contribution in [3.63, 3.8) is 0 Å². The van der Waals surface area contributed by atoms with Gasteiger partial charge in [-0.3, -0.25) is 0 Å². The van der Waals surface area contributed by atoms with Gasteiger partial charge in [0.2, 0.25) is 0 Å². The van der Waals surface area contributed by atoms with Gasteiger partial charge in [0.05, 0.1) is 0 Å². The molecule has 15 heavy (non-hydrogen) atoms. The largest absolute Gasteiger partial charge is 0.325 e. The van der Waals surface area contributed by atoms with Crippen molar-refractivity contribution in [2.45, 2.75) is 49.7 Å². The third-order valence-corrected chi connectivity index (χ3v) is 4.32. The molecule has 0 aromatic carbocycles. The molecule has 2 atom stereocenters. The Bertz CT molecular complexity index is 304. The van der Waals surface area contributed by atoms with Crippen molar-refractivity contribution in [2.75, 3.05) is 0 Å². The lowest BCUT2D eigenvalue weighted by Gasteiger charge is -2.59. The predicted molar refractivity (Wildman–Crippen MR) is 52.4 cm³/mol. The number of nitrogens with zero attached hydrogens (tertiary/aromatic N) is 1. The molecular weight excluding hydrogens is 196 g/mol. The average molecular weight is 212 g/mol. The van der Waals surface area contributed by atoms with E-state index in [0.717, 1.165) is 25.7 Å². The minimum Gasteiger partial charge on any atom is -0.325 e. The highest BCUT2D eigenvalue weighted by Gasteiger charge is 2.58. The van der Waals surface area contributed by atoms with E-state index >= 15 is 0 Å². The fourth-order valence-corrected chi connectivity index (χ4v) is 4.51. The topological polar surface area (TPSA) is 78.4 Å². The zero-order valence-electron chi connectivity index (χ0n) is 8.65. The van der Waals surface area contributed by atoms with Crippen LogP contribution in [0, 0.1) is 22.0 Å². The van der Waals surface area contributed by atoms with Crippen molar-refractivity contribution in [2.24, 2.45) is 17.6 Å². The summed E-state index contributed by atoms with van der Waals surface area (Å²) in [6.07, 6.45) is 5.61. The summed E-state index contributed by atoms with van der Waals surface area (Å²) in [6, 6.07) is 0. The molecule has 0 spiro atoms. The Balaban J connectivity index is 1.89. The summed E-state index contributed by atoms with van der Waals surface area (Å²) in [7, 11) is 0. The van der Waals surface area contributed by atoms with Gasteiger partial charge in [-0.15, -0.1) is 10.1 Å². The van der Waals surface area contributed by atoms with Crippen LogP contribution >= 0.6 is 0 Å². The molecule has 0 unspecified atom stereocenters. The Hall–Kier alpha value is -0.840. The zero-order chi connectivity index (χ0) is 10.7. The summed E-state index contributed by atoms with van der Waals surface area (Å²) in [6.45, 7) is 0. The highest BCUT2D eigenvalue weighted by molar-refractivity contribution is 5.11. The summed E-state index contributed by atoms with van der Waals surface area (Å²) in [5.74, 6) is 1.10. The molecule has 84 valence electrons. The van der Waals surface area contributed by atoms with Gasteiger partial charge in [0.25, 0.3) is 5.09 Å². The molecule has 4 rings (SSSR count). The van der Waals surface area contributed by atoms with Gasteiger partial charge in [-0.2, -0.15) is 0 Å². The molecule has 4 fully saturated rings. The van der Waals surface area contributed by atoms with Crippen LogP contribution in [0.2, 0.25) is 0 Å². The van der Waals surface area contributed by atoms with Crippen LogP contribution in [0.1, 0.15) is 38.5 Å². The van der Waals surface area contributed by atoms with E-state index < -0.39 is 10.7 Å². The summed E-state index contributed by atoms with van der Waals surface area (Å²) in [5, 5.41) is 9.90. The second kappa shape index (κ2) is 2.64. The third kappa shape index (κ3) is 1.40. The van der Waals surface area contributed by atoms with E-state index in [-0.39, 0.29) is 5.54 Å². The first-order chi connectivity index (χ1) is 6.99. The molecule has 5 nitrogen and oxygen atoms in total. The molecule has 0 aromatic rings. The van der Waals surface area contributed by atoms with Crippen LogP contribution in [0.25, 0.3) is 0 Å². The van der Waals surface area contributed by atoms with E-state index in [9.17, 15) is 10.1 Å². The molecule has 0 aromatic heterocycles. The maximum atomic E-state index is 10.5. The number of hydrogen-bond acceptors (Lipinski definition) is 4. The predicted octanol–water partition coefficient (Wildman–Crippen LogP) is 1.24. The molecule has 0 radical (unpaired) electrons. The highest BCUT2D eigenvalue weighted by atomic mass is 17.0. The zero-order valence-corrected chi connectivity index (χ0v) is 8.65. The minimum absolute atomic E-state index is 0.180. The summed E-state index contributed by atoms with van der Waals surface area (Å²) in [5.41, 5.74) is 5.56. The SMILES string of the molecule is NC12C[C@@H]3C[C@@H](C1)CC(O[N+](=O)[O-])(C3)C2. The van der Waals surface area contributed by atoms with E-state index in [4.69, 9.17) is 10.6 Å². The second-order valence-electron chi connectivity index (χ2n) is 5.82. The van der Waals surface area contributed by atoms with Crippen molar-refractivity contribution in [3.8, 4) is 0 Å². The van der Waals surface area contributed by atoms with Gasteiger partial charge in [-0.1, -0.05) is 0 Å². The van der Waals surface area contributed by atoms with E-state index in [1.165, 1.54) is 6.42 Å². The lowest BCUT2D eigenvalue weighted by atomic mass is 9.51. The van der Waals surface area contributed by atoms with Gasteiger partial charge in [0.15, 0.2) is 0 Å². The van der Waals surface area contributed by atoms with Crippen LogP contribution in [0.4, 0.5) is 0 Å². The standard InChI is InChI=1S/C10H16N2O3/c11-9-2-7-1-8(3-9)5-10(4-7,6-9)15-12(13)14/h7-8H,1-6,11H2/t7-,8-,9?,10?/m0/s1. The Labute approximate surface area is 88.1 Å². The fourth-order valence-electron chi connectivity index (χ4n) is 4.51. The Morgan fingerprint density at radius 3 is 2.33 bits per heavy atom. The molecule has 0 aliphatic heterocycles. The van der Waals surface area contributed by atoms with E-state index in [2.05, 4.69) is 0 Å². The average Bonchev–Trinajstić information content (AvgIpc) is 1.94. The van der Waals surface area contributed by atoms with Gasteiger partial charge >= 0.3 is 0 Å². The summed E-state index contributed by atoms with van der Waals surface area (Å²) in [4.78, 5) is 15.5. The lowest BCUT2D eigenvalue weighted by Crippen LogP contribution is -2.64. The first-order valence-electron chi connectivity index (χ1n) is 5.61. The molecule has 2 N–H and O–H groups in total. The highest BCUT2D eigenvalue weighted by Crippen LogP contribution is 2.57. The molecule has 5 heteroatoms. The first kappa shape index (κ1) is 9.39. The molecule has 4 aliphatic carbocycles. The van der Waals surface area contributed by atoms with Gasteiger partial charge in [0, 0.05) is 5.54 Å². The van der Waals surface area contributed by atoms with Crippen molar-refractivity contribution >= 4 is 0 Å². The quantitative estimate of drug-likeness (QED) is 0.551. The van der Waals surface area contributed by atoms with Crippen LogP contribution < -0.4 is 5.73 Å². The smallest absolute Gasteiger partial charge is 0.295 e. The maximum Gasteiger partial charge on any atom is 0.295 e. The van der Waals surface area contributed by atoms with Crippen LogP contribution in [-0.2, 0) is 4.84 Å². The molecule has 0 amide bonds. The van der Waals surface area contributed by atoms with Crippen molar-refractivity contribution in [1.82, 2.24) is 0 Å². The van der Waals surface area contributed by atoms with Crippen LogP contribution in [-0.4, -0.2) is 16.2 Å². The molecule has 4 saturated carbocycles. The van der Waals surface area contributed by atoms with Crippen molar-refractivity contribution in [1.29, 1.82) is 0 Å². The fraction of sp³-hybridized carbons (Fsp3) is 1.00. The van der Waals surface area contributed by atoms with Gasteiger partial charge in [-0.25, -0.2) is 0 Å². The second-order valence-corrected chi connectivity index (χ2v) is 5.82. The molecule has 4 bridgehead atoms. The Morgan fingerprint density at radius 1 is 1.27 bits per heavy atom. The Kier molecular flexibility index (Phi) is 1.65. The van der Waals surface area contributed by atoms with Gasteiger partial charge in [-0.05, 0) is 50.4 Å².